The molecule has 53 heavy (non-hydrogen) atoms. The molecule has 3 fully saturated rings. The Morgan fingerprint density at radius 1 is 0.981 bits per heavy atom. The van der Waals surface area contributed by atoms with Crippen LogP contribution in [0.5, 0.6) is 5.75 Å². The summed E-state index contributed by atoms with van der Waals surface area (Å²) in [7, 11) is -5.11. The third kappa shape index (κ3) is 8.20. The van der Waals surface area contributed by atoms with E-state index in [1.807, 2.05) is 32.6 Å². The molecule has 290 valence electrons. The van der Waals surface area contributed by atoms with E-state index < -0.39 is 29.6 Å². The van der Waals surface area contributed by atoms with Gasteiger partial charge in [-0.05, 0) is 93.9 Å². The molecule has 5 heterocycles. The molecule has 11 nitrogen and oxygen atoms in total. The number of piperidine rings is 1. The van der Waals surface area contributed by atoms with Crippen molar-refractivity contribution in [3.63, 3.8) is 0 Å². The maximum absolute atomic E-state index is 12.6. The summed E-state index contributed by atoms with van der Waals surface area (Å²) in [6.45, 7) is 25.9. The number of carbonyl (C=O) groups excluding carboxylic acids is 1. The highest BCUT2D eigenvalue weighted by atomic mass is 32.2. The number of nitrogens with one attached hydrogen (secondary N) is 1. The number of nitrogens with zero attached hydrogens (tertiary/aromatic N) is 5. The fraction of sp³-hybridized carbons (Fsp3) is 0.675. The van der Waals surface area contributed by atoms with Gasteiger partial charge in [-0.3, -0.25) is 4.90 Å². The highest BCUT2D eigenvalue weighted by Crippen LogP contribution is 2.46. The SMILES string of the molecule is CC1Oc2c(C#C[Si](C(C)C)(C(C)C)C(C)C)cc(C3CCN(C4CN(C(=O)OC(C)(C)C)C4)CC3)cc2Nc2ncnc(N3CCS(=O)(=O)CC3)c21. The predicted octanol–water partition coefficient (Wildman–Crippen LogP) is 7.28. The zero-order valence-electron chi connectivity index (χ0n) is 33.5. The summed E-state index contributed by atoms with van der Waals surface area (Å²) in [6, 6.07) is 4.86. The number of hydrogen-bond acceptors (Lipinski definition) is 10. The van der Waals surface area contributed by atoms with E-state index in [1.165, 1.54) is 5.56 Å². The fourth-order valence-corrected chi connectivity index (χ4v) is 15.4. The van der Waals surface area contributed by atoms with E-state index in [-0.39, 0.29) is 17.6 Å². The lowest BCUT2D eigenvalue weighted by molar-refractivity contribution is -0.0196. The van der Waals surface area contributed by atoms with Gasteiger partial charge >= 0.3 is 6.09 Å². The molecule has 6 rings (SSSR count). The number of fused-ring (bicyclic) bond motifs is 2. The van der Waals surface area contributed by atoms with Gasteiger partial charge in [0.1, 0.15) is 37.7 Å². The molecule has 1 unspecified atom stereocenters. The molecule has 13 heteroatoms. The maximum atomic E-state index is 12.6. The summed E-state index contributed by atoms with van der Waals surface area (Å²) < 4.78 is 37.0. The van der Waals surface area contributed by atoms with Crippen molar-refractivity contribution in [3.8, 4) is 17.2 Å². The van der Waals surface area contributed by atoms with Gasteiger partial charge in [-0.2, -0.15) is 0 Å². The third-order valence-electron chi connectivity index (χ3n) is 11.9. The van der Waals surface area contributed by atoms with Crippen molar-refractivity contribution in [2.45, 2.75) is 122 Å². The normalized spacial score (nSPS) is 21.2. The number of benzene rings is 1. The van der Waals surface area contributed by atoms with E-state index in [2.05, 4.69) is 80.3 Å². The minimum Gasteiger partial charge on any atom is -0.482 e. The summed E-state index contributed by atoms with van der Waals surface area (Å²) in [5.41, 5.74) is 8.76. The minimum atomic E-state index is -3.05. The van der Waals surface area contributed by atoms with Crippen LogP contribution in [-0.2, 0) is 14.6 Å². The molecule has 0 spiro atoms. The van der Waals surface area contributed by atoms with Crippen LogP contribution in [0.2, 0.25) is 16.6 Å². The monoisotopic (exact) mass is 764 g/mol. The first-order valence-electron chi connectivity index (χ1n) is 19.6. The molecule has 2 aromatic rings. The van der Waals surface area contributed by atoms with Gasteiger partial charge in [0.15, 0.2) is 15.6 Å². The van der Waals surface area contributed by atoms with E-state index >= 15 is 0 Å². The smallest absolute Gasteiger partial charge is 0.410 e. The standard InChI is InChI=1S/C40H60N6O5SSi/c1-26(2)53(27(3)4,28(5)6)20-13-31-21-32(30-11-14-44(15-12-30)33-23-46(24-33)39(47)51-40(8,9)10)22-34-36(31)50-29(7)35-37(43-34)41-25-42-38(35)45-16-18-52(48,49)19-17-45/h21-22,25-30,33H,11-12,14-19,23-24H2,1-10H3,(H,41,42,43). The van der Waals surface area contributed by atoms with E-state index in [4.69, 9.17) is 14.5 Å². The number of likely N-dealkylation sites (tertiary alicyclic amines) is 2. The number of ether oxygens (including phenoxy) is 2. The molecule has 0 aliphatic carbocycles. The Labute approximate surface area is 318 Å². The van der Waals surface area contributed by atoms with Gasteiger partial charge in [0.05, 0.1) is 28.3 Å². The van der Waals surface area contributed by atoms with Gasteiger partial charge in [0.2, 0.25) is 0 Å². The third-order valence-corrected chi connectivity index (χ3v) is 19.8. The van der Waals surface area contributed by atoms with E-state index in [0.29, 0.717) is 66.4 Å². The van der Waals surface area contributed by atoms with Gasteiger partial charge in [0, 0.05) is 32.2 Å². The molecule has 1 aromatic heterocycles. The number of aromatic nitrogens is 2. The Kier molecular flexibility index (Phi) is 11.2. The van der Waals surface area contributed by atoms with Crippen molar-refractivity contribution >= 4 is 41.3 Å². The van der Waals surface area contributed by atoms with Gasteiger partial charge in [-0.15, -0.1) is 5.54 Å². The minimum absolute atomic E-state index is 0.104. The molecule has 4 aliphatic rings. The van der Waals surface area contributed by atoms with E-state index in [1.54, 1.807) is 11.2 Å². The summed E-state index contributed by atoms with van der Waals surface area (Å²) in [5.74, 6) is 6.42. The van der Waals surface area contributed by atoms with Crippen molar-refractivity contribution < 1.29 is 22.7 Å². The topological polar surface area (TPSA) is 117 Å². The van der Waals surface area contributed by atoms with E-state index in [9.17, 15) is 13.2 Å². The molecular formula is C40H60N6O5SSi. The molecule has 0 bridgehead atoms. The molecule has 0 radical (unpaired) electrons. The number of rotatable bonds is 6. The van der Waals surface area contributed by atoms with Gasteiger partial charge in [0.25, 0.3) is 0 Å². The van der Waals surface area contributed by atoms with Crippen LogP contribution < -0.4 is 15.0 Å². The molecule has 1 N–H and O–H groups in total. The molecular weight excluding hydrogens is 705 g/mol. The second kappa shape index (κ2) is 15.1. The molecule has 1 aromatic carbocycles. The highest BCUT2D eigenvalue weighted by molar-refractivity contribution is 7.91. The first kappa shape index (κ1) is 39.4. The highest BCUT2D eigenvalue weighted by Gasteiger charge is 2.42. The van der Waals surface area contributed by atoms with Crippen molar-refractivity contribution in [2.24, 2.45) is 0 Å². The largest absolute Gasteiger partial charge is 0.482 e. The number of anilines is 3. The van der Waals surface area contributed by atoms with Crippen LogP contribution >= 0.6 is 0 Å². The first-order valence-corrected chi connectivity index (χ1v) is 23.6. The number of sulfone groups is 1. The lowest BCUT2D eigenvalue weighted by Gasteiger charge is -2.47. The number of amides is 1. The molecule has 1 atom stereocenters. The Hall–Kier alpha value is -3.34. The van der Waals surface area contributed by atoms with Crippen molar-refractivity contribution in [1.29, 1.82) is 0 Å². The predicted molar refractivity (Wildman–Crippen MR) is 215 cm³/mol. The average Bonchev–Trinajstić information content (AvgIpc) is 3.19. The Bertz CT molecular complexity index is 1820. The van der Waals surface area contributed by atoms with Crippen molar-refractivity contribution in [2.75, 3.05) is 61.0 Å². The second-order valence-corrected chi connectivity index (χ2v) is 25.3. The molecule has 0 saturated carbocycles. The van der Waals surface area contributed by atoms with Crippen molar-refractivity contribution in [3.05, 3.63) is 35.2 Å². The lowest BCUT2D eigenvalue weighted by Crippen LogP contribution is -2.62. The average molecular weight is 765 g/mol. The lowest BCUT2D eigenvalue weighted by atomic mass is 9.87. The zero-order valence-corrected chi connectivity index (χ0v) is 35.3. The number of carbonyl (C=O) groups is 1. The summed E-state index contributed by atoms with van der Waals surface area (Å²) in [5, 5.41) is 3.65. The first-order chi connectivity index (χ1) is 24.9. The second-order valence-electron chi connectivity index (χ2n) is 17.4. The van der Waals surface area contributed by atoms with Gasteiger partial charge in [-0.1, -0.05) is 47.5 Å². The zero-order chi connectivity index (χ0) is 38.5. The van der Waals surface area contributed by atoms with Crippen LogP contribution in [0.25, 0.3) is 0 Å². The fourth-order valence-electron chi connectivity index (χ4n) is 8.97. The van der Waals surface area contributed by atoms with Crippen LogP contribution in [0.4, 0.5) is 22.1 Å². The molecule has 3 saturated heterocycles. The summed E-state index contributed by atoms with van der Waals surface area (Å²) in [6.07, 6.45) is 2.95. The van der Waals surface area contributed by atoms with Gasteiger partial charge in [-0.25, -0.2) is 23.2 Å². The molecule has 1 amide bonds. The Balaban J connectivity index is 1.31. The molecule has 4 aliphatic heterocycles. The quantitative estimate of drug-likeness (QED) is 0.238. The Morgan fingerprint density at radius 2 is 1.60 bits per heavy atom. The maximum Gasteiger partial charge on any atom is 0.410 e. The van der Waals surface area contributed by atoms with Crippen LogP contribution in [-0.4, -0.2) is 105 Å². The van der Waals surface area contributed by atoms with Gasteiger partial charge < -0.3 is 24.6 Å². The van der Waals surface area contributed by atoms with Crippen LogP contribution in [0, 0.1) is 11.5 Å². The van der Waals surface area contributed by atoms with Crippen molar-refractivity contribution in [1.82, 2.24) is 19.8 Å². The van der Waals surface area contributed by atoms with Crippen LogP contribution in [0.15, 0.2) is 18.5 Å². The van der Waals surface area contributed by atoms with Crippen LogP contribution in [0.1, 0.15) is 111 Å². The summed E-state index contributed by atoms with van der Waals surface area (Å²) >= 11 is 0. The number of hydrogen-bond donors (Lipinski definition) is 1. The summed E-state index contributed by atoms with van der Waals surface area (Å²) in [4.78, 5) is 28.3. The van der Waals surface area contributed by atoms with Crippen LogP contribution in [0.3, 0.4) is 0 Å². The Morgan fingerprint density at radius 3 is 2.19 bits per heavy atom. The van der Waals surface area contributed by atoms with E-state index in [0.717, 1.165) is 48.5 Å².